The highest BCUT2D eigenvalue weighted by Crippen LogP contribution is 2.21. The number of piperazine rings is 1. The van der Waals surface area contributed by atoms with Crippen molar-refractivity contribution in [1.82, 2.24) is 15.1 Å². The number of amides is 2. The third-order valence-corrected chi connectivity index (χ3v) is 5.22. The number of nitrogens with zero attached hydrogens (tertiary/aromatic N) is 2. The molecule has 2 saturated heterocycles. The number of carbonyl (C=O) groups is 2. The highest BCUT2D eigenvalue weighted by Gasteiger charge is 2.30. The maximum Gasteiger partial charge on any atom is 0.254 e. The van der Waals surface area contributed by atoms with E-state index in [0.717, 1.165) is 37.2 Å². The molecule has 2 aliphatic heterocycles. The van der Waals surface area contributed by atoms with E-state index in [2.05, 4.69) is 5.32 Å². The van der Waals surface area contributed by atoms with Crippen LogP contribution < -0.4 is 10.1 Å². The summed E-state index contributed by atoms with van der Waals surface area (Å²) in [6.07, 6.45) is 1.84. The number of hydrogen-bond donors (Lipinski definition) is 1. The molecule has 0 aromatic heterocycles. The van der Waals surface area contributed by atoms with Gasteiger partial charge in [-0.1, -0.05) is 6.07 Å². The first-order chi connectivity index (χ1) is 12.1. The Morgan fingerprint density at radius 2 is 1.69 bits per heavy atom. The van der Waals surface area contributed by atoms with Gasteiger partial charge in [-0.25, -0.2) is 0 Å². The van der Waals surface area contributed by atoms with Gasteiger partial charge < -0.3 is 19.9 Å². The van der Waals surface area contributed by atoms with Crippen LogP contribution in [0.1, 0.15) is 28.8 Å². The Morgan fingerprint density at radius 3 is 2.31 bits per heavy atom. The van der Waals surface area contributed by atoms with Crippen LogP contribution in [-0.2, 0) is 4.79 Å². The van der Waals surface area contributed by atoms with Gasteiger partial charge in [0, 0.05) is 37.7 Å². The number of halogens is 1. The first-order valence-corrected chi connectivity index (χ1v) is 9.03. The van der Waals surface area contributed by atoms with Gasteiger partial charge in [-0.3, -0.25) is 9.59 Å². The van der Waals surface area contributed by atoms with Crippen LogP contribution in [0.2, 0.25) is 0 Å². The van der Waals surface area contributed by atoms with Crippen molar-refractivity contribution in [3.8, 4) is 5.75 Å². The Labute approximate surface area is 161 Å². The second-order valence-electron chi connectivity index (χ2n) is 6.83. The number of benzene rings is 1. The van der Waals surface area contributed by atoms with Crippen molar-refractivity contribution >= 4 is 24.2 Å². The van der Waals surface area contributed by atoms with Crippen LogP contribution in [0.25, 0.3) is 0 Å². The van der Waals surface area contributed by atoms with Crippen molar-refractivity contribution in [1.29, 1.82) is 0 Å². The molecule has 3 rings (SSSR count). The van der Waals surface area contributed by atoms with Crippen LogP contribution in [0.5, 0.6) is 5.75 Å². The molecule has 0 bridgehead atoms. The van der Waals surface area contributed by atoms with Crippen LogP contribution in [0.3, 0.4) is 0 Å². The molecule has 2 aliphatic rings. The molecule has 2 heterocycles. The second-order valence-corrected chi connectivity index (χ2v) is 6.83. The van der Waals surface area contributed by atoms with E-state index in [1.807, 2.05) is 28.9 Å². The third-order valence-electron chi connectivity index (χ3n) is 5.22. The van der Waals surface area contributed by atoms with Gasteiger partial charge in [0.2, 0.25) is 5.91 Å². The largest absolute Gasteiger partial charge is 0.496 e. The molecule has 144 valence electrons. The van der Waals surface area contributed by atoms with Gasteiger partial charge in [-0.05, 0) is 50.6 Å². The predicted molar refractivity (Wildman–Crippen MR) is 103 cm³/mol. The van der Waals surface area contributed by atoms with E-state index < -0.39 is 0 Å². The van der Waals surface area contributed by atoms with E-state index in [1.165, 1.54) is 0 Å². The van der Waals surface area contributed by atoms with Crippen molar-refractivity contribution in [3.63, 3.8) is 0 Å². The normalized spacial score (nSPS) is 18.2. The Hall–Kier alpha value is -1.79. The molecule has 1 N–H and O–H groups in total. The molecular weight excluding hydrogens is 354 g/mol. The van der Waals surface area contributed by atoms with Crippen molar-refractivity contribution < 1.29 is 14.3 Å². The van der Waals surface area contributed by atoms with Crippen LogP contribution in [0, 0.1) is 12.8 Å². The van der Waals surface area contributed by atoms with Crippen LogP contribution in [-0.4, -0.2) is 68.0 Å². The lowest BCUT2D eigenvalue weighted by Crippen LogP contribution is -2.52. The van der Waals surface area contributed by atoms with Crippen LogP contribution in [0.15, 0.2) is 18.2 Å². The van der Waals surface area contributed by atoms with Gasteiger partial charge >= 0.3 is 0 Å². The minimum atomic E-state index is 0. The predicted octanol–water partition coefficient (Wildman–Crippen LogP) is 1.71. The molecule has 7 heteroatoms. The van der Waals surface area contributed by atoms with E-state index in [0.29, 0.717) is 31.7 Å². The lowest BCUT2D eigenvalue weighted by molar-refractivity contribution is -0.137. The fourth-order valence-corrected chi connectivity index (χ4v) is 3.59. The summed E-state index contributed by atoms with van der Waals surface area (Å²) < 4.78 is 5.31. The molecule has 26 heavy (non-hydrogen) atoms. The van der Waals surface area contributed by atoms with E-state index in [1.54, 1.807) is 13.2 Å². The molecule has 1 aromatic rings. The number of hydrogen-bond acceptors (Lipinski definition) is 4. The van der Waals surface area contributed by atoms with Crippen LogP contribution >= 0.6 is 12.4 Å². The van der Waals surface area contributed by atoms with Gasteiger partial charge in [0.25, 0.3) is 5.91 Å². The monoisotopic (exact) mass is 381 g/mol. The minimum Gasteiger partial charge on any atom is -0.496 e. The van der Waals surface area contributed by atoms with Gasteiger partial charge in [-0.2, -0.15) is 0 Å². The molecule has 0 radical (unpaired) electrons. The summed E-state index contributed by atoms with van der Waals surface area (Å²) >= 11 is 0. The van der Waals surface area contributed by atoms with Crippen molar-refractivity contribution in [2.75, 3.05) is 46.4 Å². The number of methoxy groups -OCH3 is 1. The smallest absolute Gasteiger partial charge is 0.254 e. The summed E-state index contributed by atoms with van der Waals surface area (Å²) in [4.78, 5) is 29.1. The molecule has 0 aliphatic carbocycles. The SMILES string of the molecule is COc1cc(C(=O)N2CCN(C(=O)C3CCNCC3)CC2)ccc1C.Cl. The number of ether oxygens (including phenoxy) is 1. The molecule has 0 saturated carbocycles. The first kappa shape index (κ1) is 20.5. The van der Waals surface area contributed by atoms with Gasteiger partial charge in [0.05, 0.1) is 7.11 Å². The van der Waals surface area contributed by atoms with Crippen molar-refractivity contribution in [2.45, 2.75) is 19.8 Å². The third kappa shape index (κ3) is 4.48. The zero-order valence-corrected chi connectivity index (χ0v) is 16.3. The summed E-state index contributed by atoms with van der Waals surface area (Å²) in [7, 11) is 1.61. The Bertz CT molecular complexity index is 639. The lowest BCUT2D eigenvalue weighted by Gasteiger charge is -2.37. The van der Waals surface area contributed by atoms with Crippen molar-refractivity contribution in [2.24, 2.45) is 5.92 Å². The number of carbonyl (C=O) groups excluding carboxylic acids is 2. The fourth-order valence-electron chi connectivity index (χ4n) is 3.59. The second kappa shape index (κ2) is 9.24. The summed E-state index contributed by atoms with van der Waals surface area (Å²) in [5.74, 6) is 1.13. The quantitative estimate of drug-likeness (QED) is 0.865. The summed E-state index contributed by atoms with van der Waals surface area (Å²) in [5, 5.41) is 3.29. The molecule has 0 atom stereocenters. The van der Waals surface area contributed by atoms with E-state index in [4.69, 9.17) is 4.74 Å². The summed E-state index contributed by atoms with van der Waals surface area (Å²) in [6, 6.07) is 5.54. The molecule has 2 fully saturated rings. The van der Waals surface area contributed by atoms with Gasteiger partial charge in [0.15, 0.2) is 0 Å². The summed E-state index contributed by atoms with van der Waals surface area (Å²) in [6.45, 7) is 6.22. The summed E-state index contributed by atoms with van der Waals surface area (Å²) in [5.41, 5.74) is 1.65. The Kier molecular flexibility index (Phi) is 7.29. The number of piperidine rings is 1. The maximum absolute atomic E-state index is 12.7. The molecule has 0 spiro atoms. The average Bonchev–Trinajstić information content (AvgIpc) is 2.68. The highest BCUT2D eigenvalue weighted by atomic mass is 35.5. The number of rotatable bonds is 3. The number of aryl methyl sites for hydroxylation is 1. The number of nitrogens with one attached hydrogen (secondary N) is 1. The topological polar surface area (TPSA) is 61.9 Å². The highest BCUT2D eigenvalue weighted by molar-refractivity contribution is 5.95. The van der Waals surface area contributed by atoms with E-state index in [-0.39, 0.29) is 30.1 Å². The molecule has 1 aromatic carbocycles. The van der Waals surface area contributed by atoms with E-state index in [9.17, 15) is 9.59 Å². The van der Waals surface area contributed by atoms with Crippen molar-refractivity contribution in [3.05, 3.63) is 29.3 Å². The lowest BCUT2D eigenvalue weighted by atomic mass is 9.96. The van der Waals surface area contributed by atoms with E-state index >= 15 is 0 Å². The Morgan fingerprint density at radius 1 is 1.08 bits per heavy atom. The average molecular weight is 382 g/mol. The van der Waals surface area contributed by atoms with Gasteiger partial charge in [0.1, 0.15) is 5.75 Å². The Balaban J connectivity index is 0.00000243. The maximum atomic E-state index is 12.7. The standard InChI is InChI=1S/C19H27N3O3.ClH/c1-14-3-4-16(13-17(14)25-2)19(24)22-11-9-21(10-12-22)18(23)15-5-7-20-8-6-15;/h3-4,13,15,20H,5-12H2,1-2H3;1H. The molecule has 2 amide bonds. The fraction of sp³-hybridized carbons (Fsp3) is 0.579. The molecular formula is C19H28ClN3O3. The minimum absolute atomic E-state index is 0. The zero-order chi connectivity index (χ0) is 17.8. The zero-order valence-electron chi connectivity index (χ0n) is 15.5. The molecule has 0 unspecified atom stereocenters. The molecule has 6 nitrogen and oxygen atoms in total. The van der Waals surface area contributed by atoms with Gasteiger partial charge in [-0.15, -0.1) is 12.4 Å². The first-order valence-electron chi connectivity index (χ1n) is 9.03. The van der Waals surface area contributed by atoms with Crippen LogP contribution in [0.4, 0.5) is 0 Å².